The van der Waals surface area contributed by atoms with Crippen LogP contribution in [0.3, 0.4) is 0 Å². The second kappa shape index (κ2) is 5.34. The summed E-state index contributed by atoms with van der Waals surface area (Å²) in [6, 6.07) is 1.32. The topological polar surface area (TPSA) is 83.8 Å². The first-order chi connectivity index (χ1) is 8.02. The molecule has 5 heteroatoms. The molecule has 0 saturated carbocycles. The Morgan fingerprint density at radius 3 is 2.65 bits per heavy atom. The van der Waals surface area contributed by atoms with Crippen LogP contribution in [-0.4, -0.2) is 29.1 Å². The summed E-state index contributed by atoms with van der Waals surface area (Å²) < 4.78 is 4.79. The van der Waals surface area contributed by atoms with Gasteiger partial charge in [0.1, 0.15) is 23.3 Å². The van der Waals surface area contributed by atoms with Crippen molar-refractivity contribution in [3.05, 3.63) is 22.8 Å². The van der Waals surface area contributed by atoms with Crippen LogP contribution in [0.25, 0.3) is 0 Å². The molecule has 0 amide bonds. The second-order valence-electron chi connectivity index (χ2n) is 3.51. The predicted molar refractivity (Wildman–Crippen MR) is 60.2 cm³/mol. The normalized spacial score (nSPS) is 10.0. The third-order valence-corrected chi connectivity index (χ3v) is 2.35. The van der Waals surface area contributed by atoms with Gasteiger partial charge in [0, 0.05) is 12.0 Å². The molecule has 0 saturated heterocycles. The van der Waals surface area contributed by atoms with Crippen LogP contribution in [0.2, 0.25) is 0 Å². The zero-order valence-electron chi connectivity index (χ0n) is 9.69. The van der Waals surface area contributed by atoms with Gasteiger partial charge in [-0.3, -0.25) is 0 Å². The molecule has 0 aromatic heterocycles. The third-order valence-electron chi connectivity index (χ3n) is 2.35. The predicted octanol–water partition coefficient (Wildman–Crippen LogP) is 1.32. The van der Waals surface area contributed by atoms with Crippen molar-refractivity contribution < 1.29 is 24.5 Å². The van der Waals surface area contributed by atoms with Crippen LogP contribution < -0.4 is 0 Å². The Balaban J connectivity index is 3.34. The summed E-state index contributed by atoms with van der Waals surface area (Å²) in [7, 11) is 0. The maximum atomic E-state index is 11.6. The summed E-state index contributed by atoms with van der Waals surface area (Å²) in [5.41, 5.74) is 0.420. The highest BCUT2D eigenvalue weighted by Gasteiger charge is 2.21. The number of carbonyl (C=O) groups excluding carboxylic acids is 2. The Labute approximate surface area is 98.6 Å². The molecule has 0 unspecified atom stereocenters. The van der Waals surface area contributed by atoms with Crippen LogP contribution in [0, 0.1) is 6.92 Å². The Hall–Kier alpha value is -2.04. The van der Waals surface area contributed by atoms with Crippen molar-refractivity contribution in [1.82, 2.24) is 0 Å². The minimum Gasteiger partial charge on any atom is -0.508 e. The summed E-state index contributed by atoms with van der Waals surface area (Å²) in [6.07, 6.45) is 0.378. The fraction of sp³-hybridized carbons (Fsp3) is 0.333. The highest BCUT2D eigenvalue weighted by atomic mass is 16.5. The zero-order valence-corrected chi connectivity index (χ0v) is 9.69. The quantitative estimate of drug-likeness (QED) is 0.610. The first-order valence-corrected chi connectivity index (χ1v) is 5.18. The molecule has 0 aliphatic rings. The van der Waals surface area contributed by atoms with Crippen LogP contribution in [0.15, 0.2) is 6.07 Å². The molecule has 1 aromatic carbocycles. The lowest BCUT2D eigenvalue weighted by molar-refractivity contribution is -0.107. The summed E-state index contributed by atoms with van der Waals surface area (Å²) in [5.74, 6) is -1.28. The maximum Gasteiger partial charge on any atom is 0.342 e. The number of ether oxygens (including phenoxy) is 1. The number of benzene rings is 1. The average Bonchev–Trinajstić information content (AvgIpc) is 2.24. The molecule has 1 rings (SSSR count). The van der Waals surface area contributed by atoms with E-state index >= 15 is 0 Å². The Morgan fingerprint density at radius 1 is 1.47 bits per heavy atom. The molecule has 5 nitrogen and oxygen atoms in total. The Morgan fingerprint density at radius 2 is 2.12 bits per heavy atom. The van der Waals surface area contributed by atoms with Gasteiger partial charge in [-0.25, -0.2) is 4.79 Å². The van der Waals surface area contributed by atoms with Crippen molar-refractivity contribution in [3.8, 4) is 11.5 Å². The maximum absolute atomic E-state index is 11.6. The zero-order chi connectivity index (χ0) is 13.0. The van der Waals surface area contributed by atoms with Crippen LogP contribution >= 0.6 is 0 Å². The van der Waals surface area contributed by atoms with Gasteiger partial charge in [0.2, 0.25) is 0 Å². The van der Waals surface area contributed by atoms with Crippen molar-refractivity contribution >= 4 is 12.3 Å². The molecule has 2 N–H and O–H groups in total. The van der Waals surface area contributed by atoms with Gasteiger partial charge in [-0.05, 0) is 25.5 Å². The number of carbonyl (C=O) groups is 2. The van der Waals surface area contributed by atoms with Gasteiger partial charge in [-0.1, -0.05) is 0 Å². The number of hydrogen-bond acceptors (Lipinski definition) is 5. The molecule has 0 bridgehead atoms. The number of rotatable bonds is 4. The van der Waals surface area contributed by atoms with Crippen molar-refractivity contribution in [1.29, 1.82) is 0 Å². The lowest BCUT2D eigenvalue weighted by Crippen LogP contribution is -2.08. The van der Waals surface area contributed by atoms with Gasteiger partial charge in [0.05, 0.1) is 6.61 Å². The number of aldehydes is 1. The van der Waals surface area contributed by atoms with E-state index in [0.29, 0.717) is 11.8 Å². The molecular formula is C12H14O5. The average molecular weight is 238 g/mol. The van der Waals surface area contributed by atoms with E-state index in [1.165, 1.54) is 6.07 Å². The van der Waals surface area contributed by atoms with Crippen LogP contribution in [0.1, 0.15) is 28.4 Å². The number of aromatic hydroxyl groups is 2. The number of esters is 1. The molecule has 0 aliphatic heterocycles. The molecule has 1 aromatic rings. The van der Waals surface area contributed by atoms with Crippen LogP contribution in [0.5, 0.6) is 11.5 Å². The monoisotopic (exact) mass is 238 g/mol. The molecule has 0 heterocycles. The van der Waals surface area contributed by atoms with Gasteiger partial charge >= 0.3 is 5.97 Å². The standard InChI is InChI=1S/C12H14O5/c1-3-17-12(16)10-7(2)6-9(14)8(4-5-13)11(10)15/h5-6,14-15H,3-4H2,1-2H3. The molecule has 0 aliphatic carbocycles. The van der Waals surface area contributed by atoms with E-state index in [2.05, 4.69) is 0 Å². The highest BCUT2D eigenvalue weighted by Crippen LogP contribution is 2.33. The van der Waals surface area contributed by atoms with Gasteiger partial charge in [-0.15, -0.1) is 0 Å². The van der Waals surface area contributed by atoms with Gasteiger partial charge in [-0.2, -0.15) is 0 Å². The van der Waals surface area contributed by atoms with E-state index in [4.69, 9.17) is 4.74 Å². The van der Waals surface area contributed by atoms with Crippen LogP contribution in [-0.2, 0) is 16.0 Å². The molecular weight excluding hydrogens is 224 g/mol. The smallest absolute Gasteiger partial charge is 0.342 e. The number of aryl methyl sites for hydroxylation is 1. The summed E-state index contributed by atoms with van der Waals surface area (Å²) in [4.78, 5) is 22.0. The van der Waals surface area contributed by atoms with E-state index in [-0.39, 0.29) is 29.9 Å². The van der Waals surface area contributed by atoms with E-state index in [1.807, 2.05) is 0 Å². The summed E-state index contributed by atoms with van der Waals surface area (Å²) >= 11 is 0. The molecule has 92 valence electrons. The fourth-order valence-electron chi connectivity index (χ4n) is 1.57. The van der Waals surface area contributed by atoms with Gasteiger partial charge in [0.15, 0.2) is 0 Å². The lowest BCUT2D eigenvalue weighted by Gasteiger charge is -2.12. The Kier molecular flexibility index (Phi) is 4.09. The molecule has 0 atom stereocenters. The number of phenols is 2. The van der Waals surface area contributed by atoms with Crippen molar-refractivity contribution in [2.24, 2.45) is 0 Å². The Bertz CT molecular complexity index is 451. The molecule has 0 spiro atoms. The highest BCUT2D eigenvalue weighted by molar-refractivity contribution is 5.95. The fourth-order valence-corrected chi connectivity index (χ4v) is 1.57. The first-order valence-electron chi connectivity index (χ1n) is 5.18. The second-order valence-corrected chi connectivity index (χ2v) is 3.51. The van der Waals surface area contributed by atoms with Gasteiger partial charge in [0.25, 0.3) is 0 Å². The minimum atomic E-state index is -0.672. The number of phenolic OH excluding ortho intramolecular Hbond substituents is 2. The van der Waals surface area contributed by atoms with E-state index in [1.54, 1.807) is 13.8 Å². The largest absolute Gasteiger partial charge is 0.508 e. The number of hydrogen-bond donors (Lipinski definition) is 2. The SMILES string of the molecule is CCOC(=O)c1c(C)cc(O)c(CC=O)c1O. The van der Waals surface area contributed by atoms with Crippen LogP contribution in [0.4, 0.5) is 0 Å². The third kappa shape index (κ3) is 2.55. The summed E-state index contributed by atoms with van der Waals surface area (Å²) in [5, 5.41) is 19.4. The summed E-state index contributed by atoms with van der Waals surface area (Å²) in [6.45, 7) is 3.40. The molecule has 0 radical (unpaired) electrons. The van der Waals surface area contributed by atoms with E-state index < -0.39 is 11.7 Å². The van der Waals surface area contributed by atoms with E-state index in [9.17, 15) is 19.8 Å². The molecule has 17 heavy (non-hydrogen) atoms. The minimum absolute atomic E-state index is 0.0125. The molecule has 0 fully saturated rings. The van der Waals surface area contributed by atoms with Crippen molar-refractivity contribution in [2.75, 3.05) is 6.61 Å². The van der Waals surface area contributed by atoms with Crippen molar-refractivity contribution in [3.63, 3.8) is 0 Å². The van der Waals surface area contributed by atoms with Crippen molar-refractivity contribution in [2.45, 2.75) is 20.3 Å². The lowest BCUT2D eigenvalue weighted by atomic mass is 10.0. The first kappa shape index (κ1) is 13.0. The van der Waals surface area contributed by atoms with E-state index in [0.717, 1.165) is 0 Å². The van der Waals surface area contributed by atoms with Gasteiger partial charge < -0.3 is 19.7 Å².